The number of carbonyl (C=O) groups is 2. The van der Waals surface area contributed by atoms with E-state index in [-0.39, 0.29) is 11.8 Å². The van der Waals surface area contributed by atoms with Gasteiger partial charge < -0.3 is 15.4 Å². The Morgan fingerprint density at radius 1 is 1.00 bits per heavy atom. The van der Waals surface area contributed by atoms with E-state index in [9.17, 15) is 9.59 Å². The van der Waals surface area contributed by atoms with E-state index in [0.29, 0.717) is 41.6 Å². The molecule has 2 N–H and O–H groups in total. The number of ether oxygens (including phenoxy) is 1. The minimum Gasteiger partial charge on any atom is -0.492 e. The van der Waals surface area contributed by atoms with Crippen LogP contribution >= 0.6 is 0 Å². The maximum absolute atomic E-state index is 12.6. The largest absolute Gasteiger partial charge is 0.492 e. The van der Waals surface area contributed by atoms with Gasteiger partial charge in [-0.3, -0.25) is 9.59 Å². The standard InChI is InChI=1S/C21H26N2O3/c1-4-8-20(24)22-16-9-7-10-17(13-16)23-21(25)18-11-5-6-12-19(18)26-14-15(2)3/h5-7,9-13,15H,4,8,14H2,1-3H3,(H,22,24)(H,23,25). The molecule has 5 nitrogen and oxygen atoms in total. The average Bonchev–Trinajstić information content (AvgIpc) is 2.60. The number of nitrogens with one attached hydrogen (secondary N) is 2. The van der Waals surface area contributed by atoms with E-state index in [1.807, 2.05) is 13.0 Å². The number of anilines is 2. The Hall–Kier alpha value is -2.82. The van der Waals surface area contributed by atoms with Crippen LogP contribution in [0.5, 0.6) is 5.75 Å². The van der Waals surface area contributed by atoms with Crippen molar-refractivity contribution in [3.8, 4) is 5.75 Å². The van der Waals surface area contributed by atoms with Crippen LogP contribution in [0.15, 0.2) is 48.5 Å². The van der Waals surface area contributed by atoms with Crippen molar-refractivity contribution in [3.05, 3.63) is 54.1 Å². The molecule has 0 bridgehead atoms. The van der Waals surface area contributed by atoms with Gasteiger partial charge in [-0.1, -0.05) is 39.0 Å². The molecule has 5 heteroatoms. The molecule has 2 aromatic carbocycles. The quantitative estimate of drug-likeness (QED) is 0.721. The van der Waals surface area contributed by atoms with Crippen LogP contribution in [0, 0.1) is 5.92 Å². The number of hydrogen-bond acceptors (Lipinski definition) is 3. The average molecular weight is 354 g/mol. The number of rotatable bonds is 8. The monoisotopic (exact) mass is 354 g/mol. The van der Waals surface area contributed by atoms with Crippen LogP contribution in [0.1, 0.15) is 44.0 Å². The molecule has 138 valence electrons. The van der Waals surface area contributed by atoms with E-state index in [1.54, 1.807) is 42.5 Å². The van der Waals surface area contributed by atoms with Crippen molar-refractivity contribution in [2.75, 3.05) is 17.2 Å². The highest BCUT2D eigenvalue weighted by Gasteiger charge is 2.13. The van der Waals surface area contributed by atoms with Gasteiger partial charge in [-0.25, -0.2) is 0 Å². The Morgan fingerprint density at radius 2 is 1.69 bits per heavy atom. The molecule has 0 aliphatic carbocycles. The van der Waals surface area contributed by atoms with E-state index in [4.69, 9.17) is 4.74 Å². The summed E-state index contributed by atoms with van der Waals surface area (Å²) in [6, 6.07) is 14.3. The summed E-state index contributed by atoms with van der Waals surface area (Å²) in [6.45, 7) is 6.61. The lowest BCUT2D eigenvalue weighted by Gasteiger charge is -2.13. The first-order valence-electron chi connectivity index (χ1n) is 8.92. The summed E-state index contributed by atoms with van der Waals surface area (Å²) in [6.07, 6.45) is 1.26. The third-order valence-electron chi connectivity index (χ3n) is 3.59. The van der Waals surface area contributed by atoms with Crippen LogP contribution in [0.4, 0.5) is 11.4 Å². The van der Waals surface area contributed by atoms with Crippen molar-refractivity contribution < 1.29 is 14.3 Å². The topological polar surface area (TPSA) is 67.4 Å². The lowest BCUT2D eigenvalue weighted by Crippen LogP contribution is -2.15. The molecule has 2 aromatic rings. The van der Waals surface area contributed by atoms with E-state index in [1.165, 1.54) is 0 Å². The fraction of sp³-hybridized carbons (Fsp3) is 0.333. The van der Waals surface area contributed by atoms with Gasteiger partial charge in [0.15, 0.2) is 0 Å². The highest BCUT2D eigenvalue weighted by atomic mass is 16.5. The zero-order valence-electron chi connectivity index (χ0n) is 15.5. The summed E-state index contributed by atoms with van der Waals surface area (Å²) in [4.78, 5) is 24.4. The van der Waals surface area contributed by atoms with Gasteiger partial charge in [-0.2, -0.15) is 0 Å². The molecule has 0 heterocycles. The molecular formula is C21H26N2O3. The molecule has 0 aliphatic rings. The van der Waals surface area contributed by atoms with Crippen LogP contribution < -0.4 is 15.4 Å². The van der Waals surface area contributed by atoms with Gasteiger partial charge >= 0.3 is 0 Å². The van der Waals surface area contributed by atoms with Crippen molar-refractivity contribution in [1.82, 2.24) is 0 Å². The van der Waals surface area contributed by atoms with Gasteiger partial charge in [-0.15, -0.1) is 0 Å². The Balaban J connectivity index is 2.09. The zero-order valence-corrected chi connectivity index (χ0v) is 15.5. The molecule has 26 heavy (non-hydrogen) atoms. The van der Waals surface area contributed by atoms with E-state index >= 15 is 0 Å². The molecule has 0 spiro atoms. The second-order valence-corrected chi connectivity index (χ2v) is 6.53. The van der Waals surface area contributed by atoms with Crippen LogP contribution in [-0.2, 0) is 4.79 Å². The van der Waals surface area contributed by atoms with Crippen LogP contribution in [0.25, 0.3) is 0 Å². The summed E-state index contributed by atoms with van der Waals surface area (Å²) in [5.41, 5.74) is 1.75. The minimum absolute atomic E-state index is 0.0385. The van der Waals surface area contributed by atoms with Crippen LogP contribution in [-0.4, -0.2) is 18.4 Å². The maximum Gasteiger partial charge on any atom is 0.259 e. The summed E-state index contributed by atoms with van der Waals surface area (Å²) >= 11 is 0. The Labute approximate surface area is 154 Å². The van der Waals surface area contributed by atoms with Gasteiger partial charge in [0.25, 0.3) is 5.91 Å². The van der Waals surface area contributed by atoms with Crippen molar-refractivity contribution in [3.63, 3.8) is 0 Å². The highest BCUT2D eigenvalue weighted by Crippen LogP contribution is 2.22. The van der Waals surface area contributed by atoms with Gasteiger partial charge in [0.05, 0.1) is 12.2 Å². The Morgan fingerprint density at radius 3 is 2.38 bits per heavy atom. The molecule has 2 rings (SSSR count). The maximum atomic E-state index is 12.6. The lowest BCUT2D eigenvalue weighted by molar-refractivity contribution is -0.116. The van der Waals surface area contributed by atoms with Gasteiger partial charge in [0, 0.05) is 17.8 Å². The molecule has 2 amide bonds. The molecular weight excluding hydrogens is 328 g/mol. The van der Waals surface area contributed by atoms with Crippen LogP contribution in [0.3, 0.4) is 0 Å². The second-order valence-electron chi connectivity index (χ2n) is 6.53. The van der Waals surface area contributed by atoms with Gasteiger partial charge in [0.1, 0.15) is 5.75 Å². The summed E-state index contributed by atoms with van der Waals surface area (Å²) in [7, 11) is 0. The smallest absolute Gasteiger partial charge is 0.259 e. The van der Waals surface area contributed by atoms with Crippen molar-refractivity contribution in [2.24, 2.45) is 5.92 Å². The molecule has 0 radical (unpaired) electrons. The fourth-order valence-electron chi connectivity index (χ4n) is 2.36. The first-order valence-corrected chi connectivity index (χ1v) is 8.92. The van der Waals surface area contributed by atoms with E-state index < -0.39 is 0 Å². The lowest BCUT2D eigenvalue weighted by atomic mass is 10.1. The van der Waals surface area contributed by atoms with Crippen molar-refractivity contribution >= 4 is 23.2 Å². The number of amides is 2. The van der Waals surface area contributed by atoms with Crippen molar-refractivity contribution in [2.45, 2.75) is 33.6 Å². The molecule has 0 saturated carbocycles. The first kappa shape index (κ1) is 19.5. The highest BCUT2D eigenvalue weighted by molar-refractivity contribution is 6.06. The number of para-hydroxylation sites is 1. The fourth-order valence-corrected chi connectivity index (χ4v) is 2.36. The molecule has 0 unspecified atom stereocenters. The van der Waals surface area contributed by atoms with Gasteiger partial charge in [-0.05, 0) is 42.7 Å². The predicted molar refractivity (Wildman–Crippen MR) is 105 cm³/mol. The Kier molecular flexibility index (Phi) is 7.21. The molecule has 0 saturated heterocycles. The van der Waals surface area contributed by atoms with Crippen molar-refractivity contribution in [1.29, 1.82) is 0 Å². The summed E-state index contributed by atoms with van der Waals surface area (Å²) in [5.74, 6) is 0.644. The van der Waals surface area contributed by atoms with E-state index in [2.05, 4.69) is 24.5 Å². The number of carbonyl (C=O) groups excluding carboxylic acids is 2. The molecule has 0 atom stereocenters. The SMILES string of the molecule is CCCC(=O)Nc1cccc(NC(=O)c2ccccc2OCC(C)C)c1. The zero-order chi connectivity index (χ0) is 18.9. The third kappa shape index (κ3) is 5.92. The van der Waals surface area contributed by atoms with Crippen LogP contribution in [0.2, 0.25) is 0 Å². The van der Waals surface area contributed by atoms with E-state index in [0.717, 1.165) is 6.42 Å². The third-order valence-corrected chi connectivity index (χ3v) is 3.59. The predicted octanol–water partition coefficient (Wildman–Crippen LogP) is 4.71. The molecule has 0 aromatic heterocycles. The number of benzene rings is 2. The first-order chi connectivity index (χ1) is 12.5. The normalized spacial score (nSPS) is 10.5. The minimum atomic E-state index is -0.249. The summed E-state index contributed by atoms with van der Waals surface area (Å²) < 4.78 is 5.74. The molecule has 0 fully saturated rings. The number of hydrogen-bond donors (Lipinski definition) is 2. The Bertz CT molecular complexity index is 756. The summed E-state index contributed by atoms with van der Waals surface area (Å²) in [5, 5.41) is 5.69. The van der Waals surface area contributed by atoms with Gasteiger partial charge in [0.2, 0.25) is 5.91 Å². The molecule has 0 aliphatic heterocycles. The second kappa shape index (κ2) is 9.61.